The lowest BCUT2D eigenvalue weighted by Gasteiger charge is -2.14. The number of rotatable bonds is 5. The van der Waals surface area contributed by atoms with Crippen LogP contribution in [-0.4, -0.2) is 22.6 Å². The minimum atomic E-state index is -3.76. The second-order valence-corrected chi connectivity index (χ2v) is 6.10. The maximum Gasteiger partial charge on any atom is 0.265 e. The van der Waals surface area contributed by atoms with Crippen LogP contribution in [0.15, 0.2) is 47.4 Å². The number of anilines is 1. The van der Waals surface area contributed by atoms with Crippen molar-refractivity contribution in [1.82, 2.24) is 0 Å². The van der Waals surface area contributed by atoms with E-state index >= 15 is 0 Å². The van der Waals surface area contributed by atoms with E-state index in [0.29, 0.717) is 11.4 Å². The van der Waals surface area contributed by atoms with Crippen molar-refractivity contribution in [2.45, 2.75) is 11.8 Å². The molecule has 0 unspecified atom stereocenters. The summed E-state index contributed by atoms with van der Waals surface area (Å²) in [6.45, 7) is 1.82. The fraction of sp³-hybridized carbons (Fsp3) is 0.200. The second kappa shape index (κ2) is 6.05. The molecule has 0 saturated carbocycles. The molecule has 0 heterocycles. The SMILES string of the molecule is COc1cc(S(=O)(=O)Nc2ccccc2)c(OC)cc1C. The summed E-state index contributed by atoms with van der Waals surface area (Å²) < 4.78 is 37.9. The van der Waals surface area contributed by atoms with Crippen LogP contribution in [0, 0.1) is 6.92 Å². The average molecular weight is 307 g/mol. The Morgan fingerprint density at radius 3 is 2.14 bits per heavy atom. The quantitative estimate of drug-likeness (QED) is 0.922. The zero-order valence-electron chi connectivity index (χ0n) is 12.1. The van der Waals surface area contributed by atoms with Crippen LogP contribution < -0.4 is 14.2 Å². The monoisotopic (exact) mass is 307 g/mol. The second-order valence-electron chi connectivity index (χ2n) is 4.44. The highest BCUT2D eigenvalue weighted by atomic mass is 32.2. The molecule has 21 heavy (non-hydrogen) atoms. The van der Waals surface area contributed by atoms with Crippen LogP contribution in [-0.2, 0) is 10.0 Å². The number of hydrogen-bond donors (Lipinski definition) is 1. The Morgan fingerprint density at radius 2 is 1.57 bits per heavy atom. The Balaban J connectivity index is 2.48. The van der Waals surface area contributed by atoms with Crippen molar-refractivity contribution >= 4 is 15.7 Å². The first-order valence-corrected chi connectivity index (χ1v) is 7.76. The fourth-order valence-corrected chi connectivity index (χ4v) is 3.17. The van der Waals surface area contributed by atoms with Crippen LogP contribution in [0.3, 0.4) is 0 Å². The van der Waals surface area contributed by atoms with Gasteiger partial charge in [-0.2, -0.15) is 0 Å². The lowest BCUT2D eigenvalue weighted by Crippen LogP contribution is -2.14. The first-order valence-electron chi connectivity index (χ1n) is 6.28. The number of benzene rings is 2. The van der Waals surface area contributed by atoms with E-state index in [1.807, 2.05) is 13.0 Å². The van der Waals surface area contributed by atoms with Crippen molar-refractivity contribution in [3.8, 4) is 11.5 Å². The van der Waals surface area contributed by atoms with E-state index in [-0.39, 0.29) is 10.6 Å². The maximum absolute atomic E-state index is 12.5. The topological polar surface area (TPSA) is 64.6 Å². The van der Waals surface area contributed by atoms with Crippen molar-refractivity contribution in [1.29, 1.82) is 0 Å². The van der Waals surface area contributed by atoms with Gasteiger partial charge in [-0.3, -0.25) is 4.72 Å². The van der Waals surface area contributed by atoms with E-state index in [1.54, 1.807) is 30.3 Å². The number of hydrogen-bond acceptors (Lipinski definition) is 4. The number of nitrogens with one attached hydrogen (secondary N) is 1. The van der Waals surface area contributed by atoms with E-state index in [1.165, 1.54) is 20.3 Å². The molecule has 0 spiro atoms. The first kappa shape index (κ1) is 15.2. The standard InChI is InChI=1S/C15H17NO4S/c1-11-9-14(20-3)15(10-13(11)19-2)21(17,18)16-12-7-5-4-6-8-12/h4-10,16H,1-3H3. The van der Waals surface area contributed by atoms with Crippen molar-refractivity contribution in [2.75, 3.05) is 18.9 Å². The summed E-state index contributed by atoms with van der Waals surface area (Å²) in [7, 11) is -0.831. The molecule has 0 radical (unpaired) electrons. The first-order chi connectivity index (χ1) is 9.97. The normalized spacial score (nSPS) is 11.0. The summed E-state index contributed by atoms with van der Waals surface area (Å²) in [5.74, 6) is 0.765. The molecule has 0 aliphatic rings. The van der Waals surface area contributed by atoms with E-state index in [9.17, 15) is 8.42 Å². The molecule has 2 aromatic rings. The molecule has 0 amide bonds. The van der Waals surface area contributed by atoms with Gasteiger partial charge in [-0.1, -0.05) is 18.2 Å². The third-order valence-corrected chi connectivity index (χ3v) is 4.40. The van der Waals surface area contributed by atoms with Crippen LogP contribution in [0.1, 0.15) is 5.56 Å². The Morgan fingerprint density at radius 1 is 0.952 bits per heavy atom. The van der Waals surface area contributed by atoms with Gasteiger partial charge in [-0.25, -0.2) is 8.42 Å². The smallest absolute Gasteiger partial charge is 0.265 e. The number of sulfonamides is 1. The summed E-state index contributed by atoms with van der Waals surface area (Å²) in [6, 6.07) is 11.8. The van der Waals surface area contributed by atoms with Crippen molar-refractivity contribution < 1.29 is 17.9 Å². The molecule has 0 aromatic heterocycles. The highest BCUT2D eigenvalue weighted by Gasteiger charge is 2.21. The highest BCUT2D eigenvalue weighted by molar-refractivity contribution is 7.92. The van der Waals surface area contributed by atoms with Gasteiger partial charge in [0.15, 0.2) is 0 Å². The van der Waals surface area contributed by atoms with E-state index in [4.69, 9.17) is 9.47 Å². The molecule has 2 rings (SSSR count). The molecule has 1 N–H and O–H groups in total. The highest BCUT2D eigenvalue weighted by Crippen LogP contribution is 2.32. The molecular formula is C15H17NO4S. The molecular weight excluding hydrogens is 290 g/mol. The third-order valence-electron chi connectivity index (χ3n) is 3.00. The Kier molecular flexibility index (Phi) is 4.37. The van der Waals surface area contributed by atoms with Gasteiger partial charge in [0.1, 0.15) is 16.4 Å². The van der Waals surface area contributed by atoms with E-state index in [2.05, 4.69) is 4.72 Å². The van der Waals surface area contributed by atoms with E-state index in [0.717, 1.165) is 5.56 Å². The zero-order chi connectivity index (χ0) is 15.5. The van der Waals surface area contributed by atoms with Crippen LogP contribution in [0.4, 0.5) is 5.69 Å². The Hall–Kier alpha value is -2.21. The van der Waals surface area contributed by atoms with Crippen LogP contribution in [0.2, 0.25) is 0 Å². The molecule has 0 fully saturated rings. The molecule has 0 bridgehead atoms. The summed E-state index contributed by atoms with van der Waals surface area (Å²) in [4.78, 5) is 0.0382. The van der Waals surface area contributed by atoms with Gasteiger partial charge in [-0.05, 0) is 30.7 Å². The molecule has 0 aliphatic heterocycles. The number of methoxy groups -OCH3 is 2. The molecule has 6 heteroatoms. The minimum absolute atomic E-state index is 0.0382. The molecule has 0 saturated heterocycles. The van der Waals surface area contributed by atoms with Crippen molar-refractivity contribution in [3.05, 3.63) is 48.0 Å². The molecule has 112 valence electrons. The van der Waals surface area contributed by atoms with Gasteiger partial charge in [0.2, 0.25) is 0 Å². The summed E-state index contributed by atoms with van der Waals surface area (Å²) in [5, 5.41) is 0. The number of aryl methyl sites for hydroxylation is 1. The fourth-order valence-electron chi connectivity index (χ4n) is 1.95. The predicted octanol–water partition coefficient (Wildman–Crippen LogP) is 2.81. The average Bonchev–Trinajstić information content (AvgIpc) is 2.47. The van der Waals surface area contributed by atoms with Gasteiger partial charge in [-0.15, -0.1) is 0 Å². The summed E-state index contributed by atoms with van der Waals surface area (Å²) in [6.07, 6.45) is 0. The van der Waals surface area contributed by atoms with Gasteiger partial charge < -0.3 is 9.47 Å². The van der Waals surface area contributed by atoms with Crippen LogP contribution in [0.5, 0.6) is 11.5 Å². The zero-order valence-corrected chi connectivity index (χ0v) is 12.9. The third kappa shape index (κ3) is 3.28. The van der Waals surface area contributed by atoms with Gasteiger partial charge >= 0.3 is 0 Å². The lowest BCUT2D eigenvalue weighted by molar-refractivity contribution is 0.390. The molecule has 5 nitrogen and oxygen atoms in total. The Labute approximate surface area is 124 Å². The minimum Gasteiger partial charge on any atom is -0.496 e. The predicted molar refractivity (Wildman–Crippen MR) is 81.5 cm³/mol. The van der Waals surface area contributed by atoms with Gasteiger partial charge in [0, 0.05) is 11.8 Å². The summed E-state index contributed by atoms with van der Waals surface area (Å²) in [5.41, 5.74) is 1.28. The van der Waals surface area contributed by atoms with E-state index < -0.39 is 10.0 Å². The van der Waals surface area contributed by atoms with Gasteiger partial charge in [0.05, 0.1) is 14.2 Å². The van der Waals surface area contributed by atoms with Crippen molar-refractivity contribution in [2.24, 2.45) is 0 Å². The van der Waals surface area contributed by atoms with Crippen molar-refractivity contribution in [3.63, 3.8) is 0 Å². The number of para-hydroxylation sites is 1. The maximum atomic E-state index is 12.5. The van der Waals surface area contributed by atoms with Gasteiger partial charge in [0.25, 0.3) is 10.0 Å². The molecule has 0 atom stereocenters. The molecule has 0 aliphatic carbocycles. The lowest BCUT2D eigenvalue weighted by atomic mass is 10.2. The summed E-state index contributed by atoms with van der Waals surface area (Å²) >= 11 is 0. The van der Waals surface area contributed by atoms with Crippen LogP contribution in [0.25, 0.3) is 0 Å². The Bertz CT molecular complexity index is 727. The number of ether oxygens (including phenoxy) is 2. The van der Waals surface area contributed by atoms with Crippen LogP contribution >= 0.6 is 0 Å². The largest absolute Gasteiger partial charge is 0.496 e. The molecule has 2 aromatic carbocycles.